The summed E-state index contributed by atoms with van der Waals surface area (Å²) in [7, 11) is 0. The Hall–Kier alpha value is -0.380. The van der Waals surface area contributed by atoms with E-state index in [1.165, 1.54) is 24.0 Å². The first-order chi connectivity index (χ1) is 8.05. The number of rotatable bonds is 5. The molecule has 0 amide bonds. The van der Waals surface area contributed by atoms with E-state index in [2.05, 4.69) is 53.3 Å². The normalized spacial score (nSPS) is 19.1. The van der Waals surface area contributed by atoms with Gasteiger partial charge in [-0.3, -0.25) is 0 Å². The predicted molar refractivity (Wildman–Crippen MR) is 73.9 cm³/mol. The van der Waals surface area contributed by atoms with Gasteiger partial charge in [0.1, 0.15) is 0 Å². The van der Waals surface area contributed by atoms with Gasteiger partial charge >= 0.3 is 0 Å². The van der Waals surface area contributed by atoms with Crippen LogP contribution in [-0.2, 0) is 6.54 Å². The zero-order valence-electron chi connectivity index (χ0n) is 10.5. The quantitative estimate of drug-likeness (QED) is 0.876. The molecule has 0 spiro atoms. The molecule has 0 aromatic heterocycles. The Kier molecular flexibility index (Phi) is 3.91. The fourth-order valence-electron chi connectivity index (χ4n) is 2.14. The summed E-state index contributed by atoms with van der Waals surface area (Å²) < 4.78 is 1.14. The molecule has 0 aliphatic heterocycles. The maximum absolute atomic E-state index is 9.51. The smallest absolute Gasteiger partial charge is 0.0613 e. The van der Waals surface area contributed by atoms with Gasteiger partial charge in [0.25, 0.3) is 0 Å². The molecule has 0 saturated heterocycles. The number of nitrogens with one attached hydrogen (secondary N) is 1. The van der Waals surface area contributed by atoms with Crippen LogP contribution in [0, 0.1) is 12.8 Å². The average Bonchev–Trinajstić information content (AvgIpc) is 3.11. The molecule has 1 fully saturated rings. The lowest BCUT2D eigenvalue weighted by Crippen LogP contribution is -2.47. The van der Waals surface area contributed by atoms with E-state index in [1.54, 1.807) is 0 Å². The molecule has 1 unspecified atom stereocenters. The molecule has 2 nitrogen and oxygen atoms in total. The second-order valence-corrected chi connectivity index (χ2v) is 6.15. The fourth-order valence-corrected chi connectivity index (χ4v) is 2.78. The number of hydrogen-bond acceptors (Lipinski definition) is 2. The topological polar surface area (TPSA) is 32.3 Å². The van der Waals surface area contributed by atoms with Crippen molar-refractivity contribution in [3.05, 3.63) is 33.8 Å². The van der Waals surface area contributed by atoms with E-state index in [0.717, 1.165) is 11.0 Å². The van der Waals surface area contributed by atoms with Gasteiger partial charge in [0.2, 0.25) is 0 Å². The van der Waals surface area contributed by atoms with Crippen LogP contribution >= 0.6 is 15.9 Å². The molecular weight excluding hydrogens is 278 g/mol. The first-order valence-corrected chi connectivity index (χ1v) is 6.95. The van der Waals surface area contributed by atoms with Crippen LogP contribution in [0.15, 0.2) is 22.7 Å². The Balaban J connectivity index is 2.01. The molecule has 17 heavy (non-hydrogen) atoms. The number of benzene rings is 1. The minimum absolute atomic E-state index is 0.121. The van der Waals surface area contributed by atoms with Crippen molar-refractivity contribution >= 4 is 15.9 Å². The molecule has 0 bridgehead atoms. The lowest BCUT2D eigenvalue weighted by Gasteiger charge is -2.29. The van der Waals surface area contributed by atoms with E-state index in [1.807, 2.05) is 0 Å². The van der Waals surface area contributed by atoms with Gasteiger partial charge in [-0.05, 0) is 49.8 Å². The van der Waals surface area contributed by atoms with Gasteiger partial charge in [0.15, 0.2) is 0 Å². The minimum Gasteiger partial charge on any atom is -0.394 e. The SMILES string of the molecule is Cc1ccc(CNC(C)(CO)C2CC2)c(Br)c1. The Labute approximate surface area is 112 Å². The third kappa shape index (κ3) is 3.09. The Bertz CT molecular complexity index is 403. The summed E-state index contributed by atoms with van der Waals surface area (Å²) in [5.41, 5.74) is 2.38. The van der Waals surface area contributed by atoms with Gasteiger partial charge in [-0.2, -0.15) is 0 Å². The van der Waals surface area contributed by atoms with Crippen LogP contribution in [0.1, 0.15) is 30.9 Å². The van der Waals surface area contributed by atoms with Crippen molar-refractivity contribution in [2.75, 3.05) is 6.61 Å². The molecule has 1 saturated carbocycles. The summed E-state index contributed by atoms with van der Waals surface area (Å²) >= 11 is 3.59. The highest BCUT2D eigenvalue weighted by atomic mass is 79.9. The molecule has 1 aliphatic rings. The van der Waals surface area contributed by atoms with Gasteiger partial charge < -0.3 is 10.4 Å². The van der Waals surface area contributed by atoms with Crippen LogP contribution in [-0.4, -0.2) is 17.3 Å². The summed E-state index contributed by atoms with van der Waals surface area (Å²) in [5.74, 6) is 0.636. The van der Waals surface area contributed by atoms with E-state index in [9.17, 15) is 5.11 Å². The van der Waals surface area contributed by atoms with Crippen LogP contribution in [0.4, 0.5) is 0 Å². The highest BCUT2D eigenvalue weighted by Gasteiger charge is 2.40. The largest absolute Gasteiger partial charge is 0.394 e. The maximum atomic E-state index is 9.51. The van der Waals surface area contributed by atoms with E-state index in [4.69, 9.17) is 0 Å². The molecule has 1 atom stereocenters. The van der Waals surface area contributed by atoms with Gasteiger partial charge in [-0.15, -0.1) is 0 Å². The summed E-state index contributed by atoms with van der Waals surface area (Å²) in [6, 6.07) is 6.39. The molecule has 3 heteroatoms. The standard InChI is InChI=1S/C14H20BrNO/c1-10-3-4-11(13(15)7-10)8-16-14(2,9-17)12-5-6-12/h3-4,7,12,16-17H,5-6,8-9H2,1-2H3. The Morgan fingerprint density at radius 3 is 2.71 bits per heavy atom. The van der Waals surface area contributed by atoms with Gasteiger partial charge in [0.05, 0.1) is 6.61 Å². The van der Waals surface area contributed by atoms with Crippen LogP contribution < -0.4 is 5.32 Å². The van der Waals surface area contributed by atoms with Crippen molar-refractivity contribution in [3.63, 3.8) is 0 Å². The number of halogens is 1. The highest BCUT2D eigenvalue weighted by molar-refractivity contribution is 9.10. The van der Waals surface area contributed by atoms with Crippen molar-refractivity contribution in [2.24, 2.45) is 5.92 Å². The van der Waals surface area contributed by atoms with Crippen molar-refractivity contribution in [3.8, 4) is 0 Å². The van der Waals surface area contributed by atoms with Gasteiger partial charge in [-0.1, -0.05) is 28.1 Å². The van der Waals surface area contributed by atoms with E-state index in [-0.39, 0.29) is 12.1 Å². The number of aliphatic hydroxyl groups excluding tert-OH is 1. The molecule has 94 valence electrons. The van der Waals surface area contributed by atoms with Crippen LogP contribution in [0.5, 0.6) is 0 Å². The predicted octanol–water partition coefficient (Wildman–Crippen LogP) is 3.01. The number of aliphatic hydroxyl groups is 1. The third-order valence-corrected chi connectivity index (χ3v) is 4.44. The zero-order valence-corrected chi connectivity index (χ0v) is 12.0. The van der Waals surface area contributed by atoms with Gasteiger partial charge in [-0.25, -0.2) is 0 Å². The zero-order chi connectivity index (χ0) is 12.5. The molecule has 2 N–H and O–H groups in total. The molecule has 0 heterocycles. The summed E-state index contributed by atoms with van der Waals surface area (Å²) in [6.45, 7) is 5.21. The van der Waals surface area contributed by atoms with Crippen LogP contribution in [0.3, 0.4) is 0 Å². The molecule has 1 aromatic rings. The third-order valence-electron chi connectivity index (χ3n) is 3.70. The van der Waals surface area contributed by atoms with Crippen LogP contribution in [0.2, 0.25) is 0 Å². The summed E-state index contributed by atoms with van der Waals surface area (Å²) in [4.78, 5) is 0. The Morgan fingerprint density at radius 1 is 1.47 bits per heavy atom. The molecule has 2 rings (SSSR count). The van der Waals surface area contributed by atoms with E-state index in [0.29, 0.717) is 5.92 Å². The lowest BCUT2D eigenvalue weighted by atomic mass is 9.96. The summed E-state index contributed by atoms with van der Waals surface area (Å²) in [5, 5.41) is 13.0. The summed E-state index contributed by atoms with van der Waals surface area (Å²) in [6.07, 6.45) is 2.47. The van der Waals surface area contributed by atoms with Crippen LogP contribution in [0.25, 0.3) is 0 Å². The first-order valence-electron chi connectivity index (χ1n) is 6.16. The molecule has 1 aromatic carbocycles. The average molecular weight is 298 g/mol. The van der Waals surface area contributed by atoms with Crippen molar-refractivity contribution in [2.45, 2.75) is 38.8 Å². The van der Waals surface area contributed by atoms with Crippen molar-refractivity contribution in [1.82, 2.24) is 5.32 Å². The van der Waals surface area contributed by atoms with E-state index < -0.39 is 0 Å². The van der Waals surface area contributed by atoms with E-state index >= 15 is 0 Å². The number of hydrogen-bond donors (Lipinski definition) is 2. The second kappa shape index (κ2) is 5.09. The minimum atomic E-state index is -0.121. The first kappa shape index (κ1) is 13.1. The Morgan fingerprint density at radius 2 is 2.18 bits per heavy atom. The molecule has 0 radical (unpaired) electrons. The fraction of sp³-hybridized carbons (Fsp3) is 0.571. The second-order valence-electron chi connectivity index (χ2n) is 5.30. The molecule has 1 aliphatic carbocycles. The van der Waals surface area contributed by atoms with Crippen molar-refractivity contribution < 1.29 is 5.11 Å². The maximum Gasteiger partial charge on any atom is 0.0613 e. The molecular formula is C14H20BrNO. The number of aryl methyl sites for hydroxylation is 1. The monoisotopic (exact) mass is 297 g/mol. The highest BCUT2D eigenvalue weighted by Crippen LogP contribution is 2.39. The lowest BCUT2D eigenvalue weighted by molar-refractivity contribution is 0.153. The van der Waals surface area contributed by atoms with Gasteiger partial charge in [0, 0.05) is 16.6 Å². The van der Waals surface area contributed by atoms with Crippen molar-refractivity contribution in [1.29, 1.82) is 0 Å².